The van der Waals surface area contributed by atoms with E-state index in [0.717, 1.165) is 38.8 Å². The lowest BCUT2D eigenvalue weighted by Crippen LogP contribution is -2.63. The Morgan fingerprint density at radius 3 is 2.33 bits per heavy atom. The minimum Gasteiger partial charge on any atom is -0.474 e. The molecule has 1 N–H and O–H groups in total. The summed E-state index contributed by atoms with van der Waals surface area (Å²) < 4.78 is 45.3. The number of aryl methyl sites for hydroxylation is 2. The molecule has 8 heteroatoms. The Morgan fingerprint density at radius 2 is 1.83 bits per heavy atom. The second kappa shape index (κ2) is 7.11. The number of amides is 1. The van der Waals surface area contributed by atoms with Gasteiger partial charge in [-0.15, -0.1) is 0 Å². The Labute approximate surface area is 174 Å². The summed E-state index contributed by atoms with van der Waals surface area (Å²) in [6.07, 6.45) is 0.0890. The largest absolute Gasteiger partial charge is 0.474 e. The SMILES string of the molecule is Cc1cc(OC2CCC3(CC2)CN(C(=O)[C@H]2C[C@@](C)(O)C2)C3)nc(C)c1C(F)(F)F. The number of nitrogens with zero attached hydrogens (tertiary/aromatic N) is 2. The second-order valence-electron chi connectivity index (χ2n) is 9.85. The Morgan fingerprint density at radius 1 is 1.23 bits per heavy atom. The quantitative estimate of drug-likeness (QED) is 0.793. The molecule has 5 nitrogen and oxygen atoms in total. The molecule has 2 aliphatic carbocycles. The molecule has 3 fully saturated rings. The zero-order chi connectivity index (χ0) is 21.9. The van der Waals surface area contributed by atoms with Crippen molar-refractivity contribution in [3.63, 3.8) is 0 Å². The first-order chi connectivity index (χ1) is 13.9. The highest BCUT2D eigenvalue weighted by molar-refractivity contribution is 5.81. The van der Waals surface area contributed by atoms with Crippen LogP contribution in [0.15, 0.2) is 6.07 Å². The fourth-order valence-electron chi connectivity index (χ4n) is 5.45. The molecule has 1 amide bonds. The molecule has 4 rings (SSSR count). The first kappa shape index (κ1) is 21.4. The summed E-state index contributed by atoms with van der Waals surface area (Å²) >= 11 is 0. The molecule has 0 atom stereocenters. The van der Waals surface area contributed by atoms with Crippen molar-refractivity contribution < 1.29 is 27.8 Å². The van der Waals surface area contributed by atoms with Crippen LogP contribution in [0, 0.1) is 25.2 Å². The van der Waals surface area contributed by atoms with Crippen LogP contribution in [0.3, 0.4) is 0 Å². The molecule has 1 aliphatic heterocycles. The van der Waals surface area contributed by atoms with Gasteiger partial charge in [0.25, 0.3) is 0 Å². The molecule has 166 valence electrons. The number of hydrogen-bond acceptors (Lipinski definition) is 4. The third-order valence-corrected chi connectivity index (χ3v) is 7.02. The summed E-state index contributed by atoms with van der Waals surface area (Å²) in [4.78, 5) is 18.4. The van der Waals surface area contributed by atoms with E-state index >= 15 is 0 Å². The van der Waals surface area contributed by atoms with Gasteiger partial charge in [0.1, 0.15) is 6.10 Å². The number of carbonyl (C=O) groups is 1. The number of aliphatic hydroxyl groups is 1. The smallest absolute Gasteiger partial charge is 0.418 e. The maximum Gasteiger partial charge on any atom is 0.418 e. The summed E-state index contributed by atoms with van der Waals surface area (Å²) in [6, 6.07) is 1.37. The number of alkyl halides is 3. The lowest BCUT2D eigenvalue weighted by molar-refractivity contribution is -0.164. The van der Waals surface area contributed by atoms with E-state index in [9.17, 15) is 23.1 Å². The topological polar surface area (TPSA) is 62.7 Å². The molecule has 3 aliphatic rings. The number of halogens is 3. The molecule has 0 bridgehead atoms. The molecular weight excluding hydrogens is 397 g/mol. The summed E-state index contributed by atoms with van der Waals surface area (Å²) in [5, 5.41) is 9.84. The molecule has 0 aromatic carbocycles. The lowest BCUT2D eigenvalue weighted by Gasteiger charge is -2.55. The van der Waals surface area contributed by atoms with Crippen LogP contribution in [0.25, 0.3) is 0 Å². The van der Waals surface area contributed by atoms with Crippen LogP contribution in [0.4, 0.5) is 13.2 Å². The van der Waals surface area contributed by atoms with E-state index in [1.165, 1.54) is 19.9 Å². The van der Waals surface area contributed by atoms with Gasteiger partial charge in [0.05, 0.1) is 16.9 Å². The van der Waals surface area contributed by atoms with Gasteiger partial charge < -0.3 is 14.7 Å². The van der Waals surface area contributed by atoms with Crippen molar-refractivity contribution >= 4 is 5.91 Å². The predicted octanol–water partition coefficient (Wildman–Crippen LogP) is 4.03. The van der Waals surface area contributed by atoms with Crippen LogP contribution in [0.2, 0.25) is 0 Å². The number of rotatable bonds is 3. The van der Waals surface area contributed by atoms with E-state index in [2.05, 4.69) is 4.98 Å². The lowest BCUT2D eigenvalue weighted by atomic mass is 9.66. The highest BCUT2D eigenvalue weighted by Gasteiger charge is 2.51. The number of hydrogen-bond donors (Lipinski definition) is 1. The van der Waals surface area contributed by atoms with Gasteiger partial charge in [-0.2, -0.15) is 13.2 Å². The maximum atomic E-state index is 13.1. The summed E-state index contributed by atoms with van der Waals surface area (Å²) in [6.45, 7) is 6.08. The van der Waals surface area contributed by atoms with Crippen LogP contribution in [0.1, 0.15) is 62.3 Å². The number of pyridine rings is 1. The minimum atomic E-state index is -4.42. The van der Waals surface area contributed by atoms with Gasteiger partial charge in [-0.05, 0) is 64.9 Å². The monoisotopic (exact) mass is 426 g/mol. The van der Waals surface area contributed by atoms with Crippen LogP contribution in [0.5, 0.6) is 5.88 Å². The van der Waals surface area contributed by atoms with Crippen LogP contribution in [-0.2, 0) is 11.0 Å². The molecular formula is C22H29F3N2O3. The Bertz CT molecular complexity index is 806. The van der Waals surface area contributed by atoms with Crippen molar-refractivity contribution in [1.29, 1.82) is 0 Å². The minimum absolute atomic E-state index is 0.0470. The number of ether oxygens (including phenoxy) is 1. The highest BCUT2D eigenvalue weighted by Crippen LogP contribution is 2.47. The second-order valence-corrected chi connectivity index (χ2v) is 9.85. The van der Waals surface area contributed by atoms with Gasteiger partial charge in [0.2, 0.25) is 11.8 Å². The zero-order valence-corrected chi connectivity index (χ0v) is 17.7. The van der Waals surface area contributed by atoms with Crippen LogP contribution >= 0.6 is 0 Å². The molecule has 1 spiro atoms. The van der Waals surface area contributed by atoms with Gasteiger partial charge in [-0.3, -0.25) is 4.79 Å². The van der Waals surface area contributed by atoms with Crippen molar-refractivity contribution in [3.8, 4) is 5.88 Å². The van der Waals surface area contributed by atoms with Crippen LogP contribution < -0.4 is 4.74 Å². The molecule has 0 unspecified atom stereocenters. The molecule has 2 saturated carbocycles. The standard InChI is InChI=1S/C22H29F3N2O3/c1-13-8-17(26-14(2)18(13)22(23,24)25)30-16-4-6-21(7-5-16)11-27(12-21)19(28)15-9-20(3,29)10-15/h8,15-16,29H,4-7,9-12H2,1-3H3/t15-,20+. The molecule has 1 aromatic heterocycles. The van der Waals surface area contributed by atoms with Crippen molar-refractivity contribution in [3.05, 3.63) is 22.9 Å². The normalized spacial score (nSPS) is 28.8. The van der Waals surface area contributed by atoms with E-state index in [0.29, 0.717) is 12.8 Å². The van der Waals surface area contributed by atoms with E-state index in [4.69, 9.17) is 4.74 Å². The number of likely N-dealkylation sites (tertiary alicyclic amines) is 1. The summed E-state index contributed by atoms with van der Waals surface area (Å²) in [5.74, 6) is 0.362. The van der Waals surface area contributed by atoms with Crippen molar-refractivity contribution in [2.75, 3.05) is 13.1 Å². The van der Waals surface area contributed by atoms with Gasteiger partial charge in [0, 0.05) is 30.5 Å². The van der Waals surface area contributed by atoms with Crippen molar-refractivity contribution in [2.24, 2.45) is 11.3 Å². The third kappa shape index (κ3) is 4.03. The fourth-order valence-corrected chi connectivity index (χ4v) is 5.45. The Kier molecular flexibility index (Phi) is 5.07. The van der Waals surface area contributed by atoms with E-state index in [-0.39, 0.29) is 40.5 Å². The average molecular weight is 426 g/mol. The van der Waals surface area contributed by atoms with Crippen molar-refractivity contribution in [2.45, 2.75) is 77.2 Å². The fraction of sp³-hybridized carbons (Fsp3) is 0.727. The average Bonchev–Trinajstić information content (AvgIpc) is 2.56. The van der Waals surface area contributed by atoms with Gasteiger partial charge >= 0.3 is 6.18 Å². The molecule has 0 radical (unpaired) electrons. The van der Waals surface area contributed by atoms with E-state index in [1.807, 2.05) is 4.90 Å². The number of aromatic nitrogens is 1. The van der Waals surface area contributed by atoms with Crippen molar-refractivity contribution in [1.82, 2.24) is 9.88 Å². The zero-order valence-electron chi connectivity index (χ0n) is 17.7. The Hall–Kier alpha value is -1.83. The number of carbonyl (C=O) groups excluding carboxylic acids is 1. The summed E-state index contributed by atoms with van der Waals surface area (Å²) in [7, 11) is 0. The van der Waals surface area contributed by atoms with E-state index < -0.39 is 17.3 Å². The van der Waals surface area contributed by atoms with Crippen LogP contribution in [-0.4, -0.2) is 45.7 Å². The first-order valence-corrected chi connectivity index (χ1v) is 10.6. The summed E-state index contributed by atoms with van der Waals surface area (Å²) in [5.41, 5.74) is -1.18. The van der Waals surface area contributed by atoms with E-state index in [1.54, 1.807) is 6.92 Å². The van der Waals surface area contributed by atoms with Gasteiger partial charge in [-0.25, -0.2) is 4.98 Å². The van der Waals surface area contributed by atoms with Gasteiger partial charge in [0.15, 0.2) is 0 Å². The maximum absolute atomic E-state index is 13.1. The Balaban J connectivity index is 1.28. The molecule has 30 heavy (non-hydrogen) atoms. The molecule has 1 saturated heterocycles. The first-order valence-electron chi connectivity index (χ1n) is 10.6. The van der Waals surface area contributed by atoms with Gasteiger partial charge in [-0.1, -0.05) is 0 Å². The third-order valence-electron chi connectivity index (χ3n) is 7.02. The molecule has 2 heterocycles. The highest BCUT2D eigenvalue weighted by atomic mass is 19.4. The predicted molar refractivity (Wildman–Crippen MR) is 104 cm³/mol. The molecule has 1 aromatic rings.